The number of halogens is 1. The maximum Gasteiger partial charge on any atom is 0.251 e. The molecule has 0 aliphatic heterocycles. The first-order chi connectivity index (χ1) is 12.1. The molecule has 2 aromatic rings. The molecular formula is C19H19FN2O2S. The Morgan fingerprint density at radius 1 is 1.04 bits per heavy atom. The monoisotopic (exact) mass is 358 g/mol. The Morgan fingerprint density at radius 2 is 1.72 bits per heavy atom. The number of carbonyl (C=O) groups excluding carboxylic acids is 2. The molecule has 1 aliphatic carbocycles. The summed E-state index contributed by atoms with van der Waals surface area (Å²) in [6, 6.07) is 13.6. The normalized spacial score (nSPS) is 13.3. The van der Waals surface area contributed by atoms with Gasteiger partial charge in [-0.05, 0) is 54.8 Å². The van der Waals surface area contributed by atoms with E-state index in [0.717, 1.165) is 23.3 Å². The molecule has 0 aromatic heterocycles. The van der Waals surface area contributed by atoms with E-state index in [2.05, 4.69) is 10.6 Å². The zero-order chi connectivity index (χ0) is 17.6. The lowest BCUT2D eigenvalue weighted by atomic mass is 10.1. The average Bonchev–Trinajstić information content (AvgIpc) is 3.44. The van der Waals surface area contributed by atoms with Gasteiger partial charge in [0, 0.05) is 23.0 Å². The molecule has 1 fully saturated rings. The van der Waals surface area contributed by atoms with E-state index >= 15 is 0 Å². The van der Waals surface area contributed by atoms with Crippen molar-refractivity contribution in [1.29, 1.82) is 0 Å². The van der Waals surface area contributed by atoms with E-state index in [-0.39, 0.29) is 23.4 Å². The summed E-state index contributed by atoms with van der Waals surface area (Å²) in [5.74, 6) is -0.158. The van der Waals surface area contributed by atoms with Crippen LogP contribution in [-0.2, 0) is 11.3 Å². The zero-order valence-electron chi connectivity index (χ0n) is 13.6. The molecule has 2 aromatic carbocycles. The first kappa shape index (κ1) is 17.5. The summed E-state index contributed by atoms with van der Waals surface area (Å²) < 4.78 is 12.8. The number of hydrogen-bond acceptors (Lipinski definition) is 3. The number of benzene rings is 2. The van der Waals surface area contributed by atoms with Crippen molar-refractivity contribution in [3.8, 4) is 0 Å². The molecule has 0 spiro atoms. The highest BCUT2D eigenvalue weighted by Crippen LogP contribution is 2.19. The van der Waals surface area contributed by atoms with E-state index in [0.29, 0.717) is 18.2 Å². The van der Waals surface area contributed by atoms with E-state index in [4.69, 9.17) is 0 Å². The van der Waals surface area contributed by atoms with E-state index < -0.39 is 0 Å². The van der Waals surface area contributed by atoms with Gasteiger partial charge in [0.05, 0.1) is 5.75 Å². The number of hydrogen-bond donors (Lipinski definition) is 2. The van der Waals surface area contributed by atoms with Crippen LogP contribution >= 0.6 is 11.8 Å². The second kappa shape index (κ2) is 8.16. The molecule has 4 nitrogen and oxygen atoms in total. The average molecular weight is 358 g/mol. The van der Waals surface area contributed by atoms with E-state index in [1.165, 1.54) is 23.9 Å². The van der Waals surface area contributed by atoms with Crippen molar-refractivity contribution in [3.05, 3.63) is 65.5 Å². The van der Waals surface area contributed by atoms with Crippen molar-refractivity contribution in [2.24, 2.45) is 0 Å². The van der Waals surface area contributed by atoms with Gasteiger partial charge in [0.2, 0.25) is 5.91 Å². The lowest BCUT2D eigenvalue weighted by molar-refractivity contribution is -0.118. The molecule has 0 heterocycles. The summed E-state index contributed by atoms with van der Waals surface area (Å²) in [6.07, 6.45) is 2.12. The Hall–Kier alpha value is -2.34. The maximum atomic E-state index is 12.8. The molecule has 130 valence electrons. The maximum absolute atomic E-state index is 12.8. The van der Waals surface area contributed by atoms with Gasteiger partial charge in [-0.15, -0.1) is 11.8 Å². The van der Waals surface area contributed by atoms with E-state index in [1.54, 1.807) is 24.3 Å². The predicted octanol–water partition coefficient (Wildman–Crippen LogP) is 3.13. The van der Waals surface area contributed by atoms with Crippen LogP contribution in [0.15, 0.2) is 53.4 Å². The van der Waals surface area contributed by atoms with Crippen LogP contribution in [0.2, 0.25) is 0 Å². The van der Waals surface area contributed by atoms with Gasteiger partial charge < -0.3 is 10.6 Å². The molecule has 0 radical (unpaired) electrons. The SMILES string of the molecule is O=C(CSc1ccc(F)cc1)NCc1ccc(C(=O)NC2CC2)cc1. The molecule has 6 heteroatoms. The molecule has 0 unspecified atom stereocenters. The molecule has 0 saturated heterocycles. The summed E-state index contributed by atoms with van der Waals surface area (Å²) in [7, 11) is 0. The van der Waals surface area contributed by atoms with Crippen LogP contribution in [0.4, 0.5) is 4.39 Å². The van der Waals surface area contributed by atoms with Crippen molar-refractivity contribution in [1.82, 2.24) is 10.6 Å². The lowest BCUT2D eigenvalue weighted by Crippen LogP contribution is -2.26. The summed E-state index contributed by atoms with van der Waals surface area (Å²) >= 11 is 1.36. The van der Waals surface area contributed by atoms with Crippen molar-refractivity contribution in [2.75, 3.05) is 5.75 Å². The molecule has 2 N–H and O–H groups in total. The minimum atomic E-state index is -0.289. The Kier molecular flexibility index (Phi) is 5.71. The van der Waals surface area contributed by atoms with Crippen LogP contribution < -0.4 is 10.6 Å². The van der Waals surface area contributed by atoms with E-state index in [9.17, 15) is 14.0 Å². The Balaban J connectivity index is 1.42. The third-order valence-corrected chi connectivity index (χ3v) is 4.81. The van der Waals surface area contributed by atoms with Crippen LogP contribution in [0.1, 0.15) is 28.8 Å². The third-order valence-electron chi connectivity index (χ3n) is 3.80. The van der Waals surface area contributed by atoms with Gasteiger partial charge in [0.1, 0.15) is 5.82 Å². The molecule has 25 heavy (non-hydrogen) atoms. The first-order valence-corrected chi connectivity index (χ1v) is 9.13. The first-order valence-electron chi connectivity index (χ1n) is 8.15. The largest absolute Gasteiger partial charge is 0.351 e. The van der Waals surface area contributed by atoms with Crippen LogP contribution in [0.25, 0.3) is 0 Å². The van der Waals surface area contributed by atoms with Crippen LogP contribution in [-0.4, -0.2) is 23.6 Å². The highest BCUT2D eigenvalue weighted by atomic mass is 32.2. The summed E-state index contributed by atoms with van der Waals surface area (Å²) in [5, 5.41) is 5.78. The molecule has 0 atom stereocenters. The van der Waals surface area contributed by atoms with Crippen LogP contribution in [0.5, 0.6) is 0 Å². The quantitative estimate of drug-likeness (QED) is 0.748. The highest BCUT2D eigenvalue weighted by Gasteiger charge is 2.23. The predicted molar refractivity (Wildman–Crippen MR) is 95.9 cm³/mol. The number of nitrogens with one attached hydrogen (secondary N) is 2. The second-order valence-corrected chi connectivity index (χ2v) is 7.01. The van der Waals surface area contributed by atoms with E-state index in [1.807, 2.05) is 12.1 Å². The Labute approximate surface area is 150 Å². The van der Waals surface area contributed by atoms with Crippen LogP contribution in [0, 0.1) is 5.82 Å². The molecular weight excluding hydrogens is 339 g/mol. The third kappa shape index (κ3) is 5.60. The fourth-order valence-electron chi connectivity index (χ4n) is 2.20. The van der Waals surface area contributed by atoms with Crippen molar-refractivity contribution < 1.29 is 14.0 Å². The number of amides is 2. The zero-order valence-corrected chi connectivity index (χ0v) is 14.4. The Morgan fingerprint density at radius 3 is 2.36 bits per heavy atom. The fourth-order valence-corrected chi connectivity index (χ4v) is 2.93. The summed E-state index contributed by atoms with van der Waals surface area (Å²) in [4.78, 5) is 24.6. The number of carbonyl (C=O) groups is 2. The minimum absolute atomic E-state index is 0.0474. The van der Waals surface area contributed by atoms with Crippen LogP contribution in [0.3, 0.4) is 0 Å². The highest BCUT2D eigenvalue weighted by molar-refractivity contribution is 8.00. The summed E-state index contributed by atoms with van der Waals surface area (Å²) in [5.41, 5.74) is 1.57. The van der Waals surface area contributed by atoms with Gasteiger partial charge in [-0.2, -0.15) is 0 Å². The minimum Gasteiger partial charge on any atom is -0.351 e. The smallest absolute Gasteiger partial charge is 0.251 e. The van der Waals surface area contributed by atoms with Crippen molar-refractivity contribution >= 4 is 23.6 Å². The molecule has 1 saturated carbocycles. The molecule has 2 amide bonds. The van der Waals surface area contributed by atoms with Crippen molar-refractivity contribution in [3.63, 3.8) is 0 Å². The van der Waals surface area contributed by atoms with Gasteiger partial charge in [0.25, 0.3) is 5.91 Å². The van der Waals surface area contributed by atoms with Gasteiger partial charge in [-0.3, -0.25) is 9.59 Å². The fraction of sp³-hybridized carbons (Fsp3) is 0.263. The molecule has 1 aliphatic rings. The van der Waals surface area contributed by atoms with Gasteiger partial charge >= 0.3 is 0 Å². The molecule has 3 rings (SSSR count). The second-order valence-electron chi connectivity index (χ2n) is 5.96. The standard InChI is InChI=1S/C19H19FN2O2S/c20-15-5-9-17(10-6-15)25-12-18(23)21-11-13-1-3-14(4-2-13)19(24)22-16-7-8-16/h1-6,9-10,16H,7-8,11-12H2,(H,21,23)(H,22,24). The number of thioether (sulfide) groups is 1. The lowest BCUT2D eigenvalue weighted by Gasteiger charge is -2.07. The number of rotatable bonds is 7. The van der Waals surface area contributed by atoms with Gasteiger partial charge in [0.15, 0.2) is 0 Å². The topological polar surface area (TPSA) is 58.2 Å². The Bertz CT molecular complexity index is 743. The van der Waals surface area contributed by atoms with Gasteiger partial charge in [-0.25, -0.2) is 4.39 Å². The van der Waals surface area contributed by atoms with Gasteiger partial charge in [-0.1, -0.05) is 12.1 Å². The molecule has 0 bridgehead atoms. The summed E-state index contributed by atoms with van der Waals surface area (Å²) in [6.45, 7) is 0.410. The van der Waals surface area contributed by atoms with Crippen molar-refractivity contribution in [2.45, 2.75) is 30.3 Å².